The van der Waals surface area contributed by atoms with E-state index in [1.54, 1.807) is 7.11 Å². The third-order valence-corrected chi connectivity index (χ3v) is 35.5. The minimum Gasteiger partial charge on any atom is -0.459 e. The second-order valence-corrected chi connectivity index (χ2v) is 43.3. The SMILES string of the molecule is CO[C@@H]([C@H](O)CC1([C@@H](C)[C@H](CC[C@@H](C)[C@@H]2O[C@]3(CC[C@@H](C)[C@H](CC[C@H](C)C4(C)SCCCS4)O3)CC[C@@H]2C)O[Si](C)(C)C(C)(C)C)SCCCS1)[C@H](OC(=O)C[C@@H](O[Si](C)(C)C(C)(C)C)C1=C(C)C(=O)OC1=O)C(C)C. The number of carbonyl (C=O) groups excluding carboxylic acids is 3. The van der Waals surface area contributed by atoms with Gasteiger partial charge in [-0.15, -0.1) is 47.0 Å². The number of rotatable bonds is 24. The Hall–Kier alpha value is -0.0562. The van der Waals surface area contributed by atoms with Gasteiger partial charge in [-0.2, -0.15) is 0 Å². The number of aliphatic hydroxyl groups is 1. The topological polar surface area (TPSA) is 136 Å². The first-order valence-electron chi connectivity index (χ1n) is 29.3. The number of methoxy groups -OCH3 is 1. The molecular weight excluding hydrogens is 1070 g/mol. The number of esters is 3. The Morgan fingerprint density at radius 3 is 1.86 bits per heavy atom. The summed E-state index contributed by atoms with van der Waals surface area (Å²) >= 11 is 8.18. The molecule has 76 heavy (non-hydrogen) atoms. The average Bonchev–Trinajstić information content (AvgIpc) is 3.59. The summed E-state index contributed by atoms with van der Waals surface area (Å²) in [6, 6.07) is 0. The Morgan fingerprint density at radius 2 is 1.33 bits per heavy atom. The third-order valence-electron chi connectivity index (χ3n) is 19.1. The van der Waals surface area contributed by atoms with E-state index in [9.17, 15) is 19.5 Å². The molecule has 17 heteroatoms. The van der Waals surface area contributed by atoms with Crippen LogP contribution in [0.5, 0.6) is 0 Å². The number of ether oxygens (including phenoxy) is 5. The lowest BCUT2D eigenvalue weighted by atomic mass is 9.79. The molecule has 4 saturated heterocycles. The summed E-state index contributed by atoms with van der Waals surface area (Å²) in [4.78, 5) is 39.9. The maximum atomic E-state index is 14.2. The van der Waals surface area contributed by atoms with Gasteiger partial charge in [-0.1, -0.05) is 90.0 Å². The van der Waals surface area contributed by atoms with Crippen LogP contribution in [0.4, 0.5) is 0 Å². The van der Waals surface area contributed by atoms with Gasteiger partial charge < -0.3 is 37.6 Å². The van der Waals surface area contributed by atoms with Crippen molar-refractivity contribution in [3.63, 3.8) is 0 Å². The molecule has 0 unspecified atom stereocenters. The van der Waals surface area contributed by atoms with Crippen LogP contribution < -0.4 is 0 Å². The first-order chi connectivity index (χ1) is 35.1. The summed E-state index contributed by atoms with van der Waals surface area (Å²) in [6.45, 7) is 41.8. The minimum absolute atomic E-state index is 0.00778. The van der Waals surface area contributed by atoms with Crippen LogP contribution in [0.15, 0.2) is 11.1 Å². The van der Waals surface area contributed by atoms with Gasteiger partial charge in [0.25, 0.3) is 0 Å². The first kappa shape index (κ1) is 66.7. The van der Waals surface area contributed by atoms with Crippen LogP contribution in [0.3, 0.4) is 0 Å². The van der Waals surface area contributed by atoms with Crippen molar-refractivity contribution < 1.29 is 52.0 Å². The van der Waals surface area contributed by atoms with E-state index in [0.29, 0.717) is 24.2 Å². The smallest absolute Gasteiger partial charge is 0.345 e. The standard InChI is InChI=1S/C59H106O11S4Si2/c1-37(2)50(65-48(61)35-47(70-76(19,20)56(12,13)14)49-42(7)53(62)66-54(49)63)52(64-16)44(60)36-59(73-33-22-34-74-59)43(8)46(69-75(17,18)55(9,10)11)25-23-39(4)51-40(5)28-30-58(68-51)29-27-38(3)45(67-58)26-24-41(6)57(15)71-31-21-32-72-57/h37-41,43-47,50-52,60H,21-36H2,1-20H3/t38-,39-,40+,41+,43+,44-,45+,46+,47-,50-,51+,52+,58-/m1/s1. The van der Waals surface area contributed by atoms with Crippen molar-refractivity contribution in [2.75, 3.05) is 30.1 Å². The zero-order valence-electron chi connectivity index (χ0n) is 51.0. The van der Waals surface area contributed by atoms with E-state index < -0.39 is 68.8 Å². The summed E-state index contributed by atoms with van der Waals surface area (Å²) in [7, 11) is -3.28. The summed E-state index contributed by atoms with van der Waals surface area (Å²) in [5.74, 6) is 3.47. The molecule has 0 saturated carbocycles. The molecule has 0 radical (unpaired) electrons. The molecule has 13 atom stereocenters. The Balaban J connectivity index is 1.34. The van der Waals surface area contributed by atoms with E-state index in [0.717, 1.165) is 62.9 Å². The molecule has 0 aromatic heterocycles. The lowest BCUT2D eigenvalue weighted by Gasteiger charge is -2.51. The largest absolute Gasteiger partial charge is 0.459 e. The van der Waals surface area contributed by atoms with Crippen molar-refractivity contribution in [2.24, 2.45) is 35.5 Å². The van der Waals surface area contributed by atoms with Gasteiger partial charge in [0.2, 0.25) is 0 Å². The predicted molar refractivity (Wildman–Crippen MR) is 324 cm³/mol. The van der Waals surface area contributed by atoms with E-state index in [-0.39, 0.29) is 67.8 Å². The van der Waals surface area contributed by atoms with E-state index >= 15 is 0 Å². The highest BCUT2D eigenvalue weighted by Crippen LogP contribution is 2.55. The summed E-state index contributed by atoms with van der Waals surface area (Å²) in [6.07, 6.45) is 7.23. The Kier molecular flexibility index (Phi) is 23.8. The van der Waals surface area contributed by atoms with E-state index in [4.69, 9.17) is 32.5 Å². The monoisotopic (exact) mass is 1170 g/mol. The number of aliphatic hydroxyl groups excluding tert-OH is 1. The number of cyclic esters (lactones) is 2. The van der Waals surface area contributed by atoms with Crippen molar-refractivity contribution >= 4 is 81.6 Å². The van der Waals surface area contributed by atoms with E-state index in [1.165, 1.54) is 31.3 Å². The summed E-state index contributed by atoms with van der Waals surface area (Å²) < 4.78 is 46.3. The van der Waals surface area contributed by atoms with E-state index in [2.05, 4.69) is 120 Å². The zero-order chi connectivity index (χ0) is 57.0. The molecule has 4 fully saturated rings. The second kappa shape index (κ2) is 27.1. The number of carbonyl (C=O) groups is 3. The molecule has 0 aromatic carbocycles. The molecule has 1 N–H and O–H groups in total. The van der Waals surface area contributed by atoms with Crippen molar-refractivity contribution in [1.29, 1.82) is 0 Å². The minimum atomic E-state index is -2.57. The highest BCUT2D eigenvalue weighted by atomic mass is 32.2. The second-order valence-electron chi connectivity index (χ2n) is 27.3. The molecule has 0 aliphatic carbocycles. The molecule has 0 bridgehead atoms. The van der Waals surface area contributed by atoms with Crippen LogP contribution in [-0.2, 0) is 46.9 Å². The van der Waals surface area contributed by atoms with Gasteiger partial charge in [-0.3, -0.25) is 4.79 Å². The van der Waals surface area contributed by atoms with Crippen LogP contribution in [0.2, 0.25) is 36.3 Å². The number of hydrogen-bond donors (Lipinski definition) is 1. The Morgan fingerprint density at radius 1 is 0.776 bits per heavy atom. The van der Waals surface area contributed by atoms with Gasteiger partial charge in [-0.05, 0) is 154 Å². The fraction of sp³-hybridized carbons (Fsp3) is 0.915. The lowest BCUT2D eigenvalue weighted by molar-refractivity contribution is -0.338. The molecule has 440 valence electrons. The Labute approximate surface area is 481 Å². The molecule has 5 heterocycles. The van der Waals surface area contributed by atoms with Crippen molar-refractivity contribution in [2.45, 2.75) is 274 Å². The fourth-order valence-electron chi connectivity index (χ4n) is 11.5. The van der Waals surface area contributed by atoms with Crippen LogP contribution in [0.1, 0.15) is 181 Å². The van der Waals surface area contributed by atoms with Gasteiger partial charge in [0.1, 0.15) is 12.2 Å². The third kappa shape index (κ3) is 16.4. The molecule has 0 amide bonds. The lowest BCUT2D eigenvalue weighted by Crippen LogP contribution is -2.54. The van der Waals surface area contributed by atoms with Crippen molar-refractivity contribution in [3.05, 3.63) is 11.1 Å². The number of hydrogen-bond acceptors (Lipinski definition) is 15. The van der Waals surface area contributed by atoms with Gasteiger partial charge >= 0.3 is 17.9 Å². The molecule has 1 spiro atoms. The zero-order valence-corrected chi connectivity index (χ0v) is 56.2. The van der Waals surface area contributed by atoms with Crippen molar-refractivity contribution in [3.8, 4) is 0 Å². The normalized spacial score (nSPS) is 29.1. The highest BCUT2D eigenvalue weighted by Gasteiger charge is 2.52. The highest BCUT2D eigenvalue weighted by molar-refractivity contribution is 8.19. The van der Waals surface area contributed by atoms with Crippen LogP contribution in [0.25, 0.3) is 0 Å². The first-order valence-corrected chi connectivity index (χ1v) is 39.0. The van der Waals surface area contributed by atoms with Gasteiger partial charge in [0.15, 0.2) is 22.4 Å². The molecule has 0 aromatic rings. The molecule has 11 nitrogen and oxygen atoms in total. The fourth-order valence-corrected chi connectivity index (χ4v) is 21.1. The van der Waals surface area contributed by atoms with Gasteiger partial charge in [-0.25, -0.2) is 9.59 Å². The molecule has 5 rings (SSSR count). The Bertz CT molecular complexity index is 1960. The molecule has 5 aliphatic heterocycles. The van der Waals surface area contributed by atoms with Crippen LogP contribution >= 0.6 is 47.0 Å². The van der Waals surface area contributed by atoms with E-state index in [1.807, 2.05) is 50.5 Å². The van der Waals surface area contributed by atoms with Crippen LogP contribution in [0, 0.1) is 35.5 Å². The molecular formula is C59H106O11S4Si2. The maximum absolute atomic E-state index is 14.2. The van der Waals surface area contributed by atoms with Crippen LogP contribution in [-0.4, -0.2) is 126 Å². The van der Waals surface area contributed by atoms with Gasteiger partial charge in [0, 0.05) is 44.0 Å². The average molecular weight is 1180 g/mol. The summed E-state index contributed by atoms with van der Waals surface area (Å²) in [5, 5.41) is 12.4. The molecule has 5 aliphatic rings. The maximum Gasteiger partial charge on any atom is 0.345 e. The van der Waals surface area contributed by atoms with Crippen molar-refractivity contribution in [1.82, 2.24) is 0 Å². The summed E-state index contributed by atoms with van der Waals surface area (Å²) in [5.41, 5.74) is 0.200. The van der Waals surface area contributed by atoms with Gasteiger partial charge in [0.05, 0.1) is 44.6 Å². The quantitative estimate of drug-likeness (QED) is 0.0557. The number of thioether (sulfide) groups is 4. The predicted octanol–water partition coefficient (Wildman–Crippen LogP) is 14.8.